The molecular formula is C13H18ClNO3. The fourth-order valence-corrected chi connectivity index (χ4v) is 1.81. The Morgan fingerprint density at radius 1 is 1.50 bits per heavy atom. The van der Waals surface area contributed by atoms with Crippen LogP contribution >= 0.6 is 11.6 Å². The van der Waals surface area contributed by atoms with Crippen molar-refractivity contribution in [2.75, 3.05) is 7.11 Å². The Morgan fingerprint density at radius 3 is 2.67 bits per heavy atom. The molecule has 1 aromatic rings. The van der Waals surface area contributed by atoms with Gasteiger partial charge in [-0.15, -0.1) is 0 Å². The van der Waals surface area contributed by atoms with Crippen molar-refractivity contribution >= 4 is 17.6 Å². The number of hydrogen-bond acceptors (Lipinski definition) is 4. The zero-order chi connectivity index (χ0) is 13.7. The smallest absolute Gasteiger partial charge is 0.323 e. The second-order valence-electron chi connectivity index (χ2n) is 4.41. The first-order chi connectivity index (χ1) is 8.45. The summed E-state index contributed by atoms with van der Waals surface area (Å²) in [6, 6.07) is 4.59. The summed E-state index contributed by atoms with van der Waals surface area (Å²) in [6.45, 7) is 4.37. The van der Waals surface area contributed by atoms with Crippen molar-refractivity contribution in [2.24, 2.45) is 5.92 Å². The van der Waals surface area contributed by atoms with Gasteiger partial charge in [-0.1, -0.05) is 31.5 Å². The Morgan fingerprint density at radius 2 is 2.17 bits per heavy atom. The maximum absolute atomic E-state index is 11.5. The number of rotatable bonds is 5. The summed E-state index contributed by atoms with van der Waals surface area (Å²) in [5, 5.41) is 12.7. The van der Waals surface area contributed by atoms with E-state index in [0.29, 0.717) is 11.6 Å². The third-order valence-electron chi connectivity index (χ3n) is 2.66. The minimum absolute atomic E-state index is 0.0498. The molecule has 0 aliphatic carbocycles. The highest BCUT2D eigenvalue weighted by Gasteiger charge is 2.22. The van der Waals surface area contributed by atoms with Gasteiger partial charge in [-0.25, -0.2) is 0 Å². The Hall–Kier alpha value is -1.26. The number of carbonyl (C=O) groups excluding carboxylic acids is 1. The topological polar surface area (TPSA) is 58.6 Å². The van der Waals surface area contributed by atoms with Gasteiger partial charge in [-0.3, -0.25) is 4.79 Å². The molecule has 0 radical (unpaired) electrons. The van der Waals surface area contributed by atoms with E-state index in [2.05, 4.69) is 5.32 Å². The van der Waals surface area contributed by atoms with Crippen molar-refractivity contribution in [3.05, 3.63) is 28.8 Å². The zero-order valence-corrected chi connectivity index (χ0v) is 11.5. The monoisotopic (exact) mass is 271 g/mol. The Balaban J connectivity index is 2.67. The summed E-state index contributed by atoms with van der Waals surface area (Å²) in [5.41, 5.74) is 0.896. The highest BCUT2D eigenvalue weighted by atomic mass is 35.5. The van der Waals surface area contributed by atoms with Crippen LogP contribution in [0, 0.1) is 5.92 Å². The first kappa shape index (κ1) is 14.8. The lowest BCUT2D eigenvalue weighted by molar-refractivity contribution is -0.144. The molecule has 0 aliphatic heterocycles. The van der Waals surface area contributed by atoms with Gasteiger partial charge in [0.05, 0.1) is 12.1 Å². The number of halogens is 1. The molecule has 0 saturated carbocycles. The van der Waals surface area contributed by atoms with E-state index >= 15 is 0 Å². The number of phenols is 1. The number of phenolic OH excluding ortho intramolecular Hbond substituents is 1. The molecule has 18 heavy (non-hydrogen) atoms. The van der Waals surface area contributed by atoms with Crippen LogP contribution in [0.1, 0.15) is 19.4 Å². The highest BCUT2D eigenvalue weighted by Crippen LogP contribution is 2.23. The van der Waals surface area contributed by atoms with E-state index in [-0.39, 0.29) is 23.7 Å². The van der Waals surface area contributed by atoms with Crippen LogP contribution in [-0.4, -0.2) is 24.2 Å². The molecule has 0 heterocycles. The quantitative estimate of drug-likeness (QED) is 0.807. The van der Waals surface area contributed by atoms with Gasteiger partial charge in [-0.05, 0) is 23.6 Å². The summed E-state index contributed by atoms with van der Waals surface area (Å²) < 4.78 is 4.74. The van der Waals surface area contributed by atoms with Crippen molar-refractivity contribution in [3.8, 4) is 5.75 Å². The molecule has 0 saturated heterocycles. The lowest BCUT2D eigenvalue weighted by Crippen LogP contribution is -2.41. The van der Waals surface area contributed by atoms with Gasteiger partial charge in [-0.2, -0.15) is 0 Å². The molecule has 0 bridgehead atoms. The van der Waals surface area contributed by atoms with Crippen molar-refractivity contribution in [3.63, 3.8) is 0 Å². The lowest BCUT2D eigenvalue weighted by atomic mass is 10.0. The molecule has 2 N–H and O–H groups in total. The van der Waals surface area contributed by atoms with E-state index in [1.807, 2.05) is 13.8 Å². The van der Waals surface area contributed by atoms with Crippen LogP contribution in [0.4, 0.5) is 0 Å². The lowest BCUT2D eigenvalue weighted by Gasteiger charge is -2.19. The summed E-state index contributed by atoms with van der Waals surface area (Å²) in [5.74, 6) is -0.103. The second kappa shape index (κ2) is 6.61. The van der Waals surface area contributed by atoms with Gasteiger partial charge in [0.2, 0.25) is 0 Å². The maximum Gasteiger partial charge on any atom is 0.323 e. The molecule has 0 unspecified atom stereocenters. The van der Waals surface area contributed by atoms with Crippen molar-refractivity contribution in [2.45, 2.75) is 26.4 Å². The average Bonchev–Trinajstić information content (AvgIpc) is 2.33. The molecule has 4 nitrogen and oxygen atoms in total. The minimum Gasteiger partial charge on any atom is -0.506 e. The van der Waals surface area contributed by atoms with Gasteiger partial charge in [0, 0.05) is 6.54 Å². The second-order valence-corrected chi connectivity index (χ2v) is 4.82. The molecule has 0 fully saturated rings. The van der Waals surface area contributed by atoms with E-state index in [1.54, 1.807) is 12.1 Å². The Labute approximate surface area is 112 Å². The predicted molar refractivity (Wildman–Crippen MR) is 70.6 cm³/mol. The van der Waals surface area contributed by atoms with Gasteiger partial charge in [0.25, 0.3) is 0 Å². The van der Waals surface area contributed by atoms with Crippen molar-refractivity contribution < 1.29 is 14.6 Å². The molecule has 1 rings (SSSR count). The van der Waals surface area contributed by atoms with Gasteiger partial charge in [0.15, 0.2) is 0 Å². The predicted octanol–water partition coefficient (Wildman–Crippen LogP) is 2.33. The van der Waals surface area contributed by atoms with E-state index in [4.69, 9.17) is 16.3 Å². The minimum atomic E-state index is -0.359. The van der Waals surface area contributed by atoms with Crippen LogP contribution in [0.5, 0.6) is 5.75 Å². The number of esters is 1. The molecule has 0 aromatic heterocycles. The SMILES string of the molecule is COC(=O)[C@@H](NCc1ccc(O)c(Cl)c1)C(C)C. The maximum atomic E-state index is 11.5. The molecule has 1 aromatic carbocycles. The zero-order valence-electron chi connectivity index (χ0n) is 10.7. The average molecular weight is 272 g/mol. The third-order valence-corrected chi connectivity index (χ3v) is 2.96. The largest absolute Gasteiger partial charge is 0.506 e. The summed E-state index contributed by atoms with van der Waals surface area (Å²) in [7, 11) is 1.37. The first-order valence-electron chi connectivity index (χ1n) is 5.74. The Bertz CT molecular complexity index is 421. The van der Waals surface area contributed by atoms with Gasteiger partial charge < -0.3 is 15.2 Å². The van der Waals surface area contributed by atoms with E-state index in [1.165, 1.54) is 13.2 Å². The number of carbonyl (C=O) groups is 1. The molecular weight excluding hydrogens is 254 g/mol. The van der Waals surface area contributed by atoms with Gasteiger partial charge >= 0.3 is 5.97 Å². The molecule has 1 atom stereocenters. The summed E-state index contributed by atoms with van der Waals surface area (Å²) in [6.07, 6.45) is 0. The number of benzene rings is 1. The van der Waals surface area contributed by atoms with E-state index in [0.717, 1.165) is 5.56 Å². The van der Waals surface area contributed by atoms with Crippen LogP contribution in [0.25, 0.3) is 0 Å². The third kappa shape index (κ3) is 3.89. The van der Waals surface area contributed by atoms with Crippen LogP contribution < -0.4 is 5.32 Å². The fraction of sp³-hybridized carbons (Fsp3) is 0.462. The van der Waals surface area contributed by atoms with Crippen molar-refractivity contribution in [1.82, 2.24) is 5.32 Å². The molecule has 0 spiro atoms. The number of nitrogens with one attached hydrogen (secondary N) is 1. The fourth-order valence-electron chi connectivity index (χ4n) is 1.61. The van der Waals surface area contributed by atoms with Crippen LogP contribution in [-0.2, 0) is 16.1 Å². The summed E-state index contributed by atoms with van der Waals surface area (Å²) >= 11 is 5.81. The standard InChI is InChI=1S/C13H18ClNO3/c1-8(2)12(13(17)18-3)15-7-9-4-5-11(16)10(14)6-9/h4-6,8,12,15-16H,7H2,1-3H3/t12-/m0/s1. The van der Waals surface area contributed by atoms with Gasteiger partial charge in [0.1, 0.15) is 11.8 Å². The number of hydrogen-bond donors (Lipinski definition) is 2. The number of ether oxygens (including phenoxy) is 1. The molecule has 0 amide bonds. The van der Waals surface area contributed by atoms with E-state index < -0.39 is 0 Å². The van der Waals surface area contributed by atoms with Crippen LogP contribution in [0.15, 0.2) is 18.2 Å². The number of aromatic hydroxyl groups is 1. The first-order valence-corrected chi connectivity index (χ1v) is 6.12. The van der Waals surface area contributed by atoms with Crippen LogP contribution in [0.3, 0.4) is 0 Å². The summed E-state index contributed by atoms with van der Waals surface area (Å²) in [4.78, 5) is 11.5. The van der Waals surface area contributed by atoms with Crippen molar-refractivity contribution in [1.29, 1.82) is 0 Å². The number of methoxy groups -OCH3 is 1. The molecule has 5 heteroatoms. The van der Waals surface area contributed by atoms with Crippen LogP contribution in [0.2, 0.25) is 5.02 Å². The highest BCUT2D eigenvalue weighted by molar-refractivity contribution is 6.32. The normalized spacial score (nSPS) is 12.5. The molecule has 100 valence electrons. The molecule has 0 aliphatic rings. The Kier molecular flexibility index (Phi) is 5.44. The van der Waals surface area contributed by atoms with E-state index in [9.17, 15) is 9.90 Å².